The molecule has 0 atom stereocenters. The first-order chi connectivity index (χ1) is 5.86. The maximum Gasteiger partial charge on any atom is -0.0133 e. The van der Waals surface area contributed by atoms with Crippen LogP contribution in [0.5, 0.6) is 0 Å². The lowest BCUT2D eigenvalue weighted by Crippen LogP contribution is -1.97. The van der Waals surface area contributed by atoms with Gasteiger partial charge in [-0.2, -0.15) is 0 Å². The highest BCUT2D eigenvalue weighted by Gasteiger charge is 2.11. The van der Waals surface area contributed by atoms with Crippen LogP contribution < -0.4 is 0 Å². The van der Waals surface area contributed by atoms with Gasteiger partial charge in [-0.25, -0.2) is 0 Å². The van der Waals surface area contributed by atoms with Crippen LogP contribution in [-0.4, -0.2) is 0 Å². The first-order valence-corrected chi connectivity index (χ1v) is 4.92. The second-order valence-corrected chi connectivity index (χ2v) is 3.85. The van der Waals surface area contributed by atoms with Gasteiger partial charge in [-0.3, -0.25) is 0 Å². The smallest absolute Gasteiger partial charge is 0.0133 e. The monoisotopic (exact) mass is 160 g/mol. The van der Waals surface area contributed by atoms with Gasteiger partial charge in [-0.05, 0) is 50.2 Å². The van der Waals surface area contributed by atoms with Gasteiger partial charge in [0.25, 0.3) is 0 Å². The minimum Gasteiger partial charge on any atom is -0.0770 e. The quantitative estimate of drug-likeness (QED) is 0.506. The molecule has 0 bridgehead atoms. The predicted molar refractivity (Wildman–Crippen MR) is 53.0 cm³/mol. The number of fused-ring (bicyclic) bond motifs is 1. The van der Waals surface area contributed by atoms with Crippen LogP contribution in [0.3, 0.4) is 0 Å². The third kappa shape index (κ3) is 1.52. The molecule has 0 spiro atoms. The maximum atomic E-state index is 2.42. The van der Waals surface area contributed by atoms with Crippen LogP contribution in [-0.2, 0) is 0 Å². The zero-order chi connectivity index (χ0) is 8.39. The summed E-state index contributed by atoms with van der Waals surface area (Å²) in [4.78, 5) is 0. The van der Waals surface area contributed by atoms with Crippen LogP contribution in [0, 0.1) is 0 Å². The lowest BCUT2D eigenvalue weighted by Gasteiger charge is -2.16. The van der Waals surface area contributed by atoms with Gasteiger partial charge in [0.15, 0.2) is 0 Å². The molecule has 0 amide bonds. The van der Waals surface area contributed by atoms with E-state index in [1.165, 1.54) is 31.3 Å². The zero-order valence-corrected chi connectivity index (χ0v) is 7.77. The molecule has 0 heteroatoms. The largest absolute Gasteiger partial charge is 0.0770 e. The standard InChI is InChI=1S/C12H16/c1-10-6-8-11-4-2-3-5-12(11)9-7-10/h6,8-9H,2-5,7H2,1H3. The second kappa shape index (κ2) is 3.30. The molecule has 0 unspecified atom stereocenters. The fourth-order valence-corrected chi connectivity index (χ4v) is 1.97. The van der Waals surface area contributed by atoms with E-state index in [9.17, 15) is 0 Å². The molecule has 64 valence electrons. The molecule has 2 rings (SSSR count). The highest BCUT2D eigenvalue weighted by Crippen LogP contribution is 2.31. The van der Waals surface area contributed by atoms with E-state index < -0.39 is 0 Å². The highest BCUT2D eigenvalue weighted by atomic mass is 14.2. The molecule has 1 fully saturated rings. The third-order valence-electron chi connectivity index (χ3n) is 2.79. The summed E-state index contributed by atoms with van der Waals surface area (Å²) >= 11 is 0. The summed E-state index contributed by atoms with van der Waals surface area (Å²) < 4.78 is 0. The second-order valence-electron chi connectivity index (χ2n) is 3.85. The normalized spacial score (nSPS) is 23.2. The number of hydrogen-bond donors (Lipinski definition) is 0. The molecule has 2 aliphatic carbocycles. The molecular weight excluding hydrogens is 144 g/mol. The molecule has 12 heavy (non-hydrogen) atoms. The van der Waals surface area contributed by atoms with Crippen LogP contribution in [0.2, 0.25) is 0 Å². The summed E-state index contributed by atoms with van der Waals surface area (Å²) in [5.74, 6) is 0. The summed E-state index contributed by atoms with van der Waals surface area (Å²) in [5, 5.41) is 0. The molecule has 0 nitrogen and oxygen atoms in total. The Bertz CT molecular complexity index is 264. The number of allylic oxidation sites excluding steroid dienone is 6. The Morgan fingerprint density at radius 3 is 2.58 bits per heavy atom. The van der Waals surface area contributed by atoms with E-state index in [0.717, 1.165) is 6.42 Å². The SMILES string of the molecule is CC1=CC=C2CCCCC2=CC1. The third-order valence-corrected chi connectivity index (χ3v) is 2.79. The zero-order valence-electron chi connectivity index (χ0n) is 7.77. The molecule has 0 radical (unpaired) electrons. The summed E-state index contributed by atoms with van der Waals surface area (Å²) in [7, 11) is 0. The van der Waals surface area contributed by atoms with Crippen molar-refractivity contribution in [3.05, 3.63) is 34.9 Å². The van der Waals surface area contributed by atoms with Gasteiger partial charge in [-0.1, -0.05) is 23.8 Å². The lowest BCUT2D eigenvalue weighted by molar-refractivity contribution is 0.678. The molecule has 0 aromatic carbocycles. The molecule has 0 aromatic rings. The van der Waals surface area contributed by atoms with Crippen molar-refractivity contribution in [2.75, 3.05) is 0 Å². The molecular formula is C12H16. The Morgan fingerprint density at radius 1 is 1.00 bits per heavy atom. The molecule has 0 heterocycles. The van der Waals surface area contributed by atoms with E-state index in [4.69, 9.17) is 0 Å². The summed E-state index contributed by atoms with van der Waals surface area (Å²) in [6.45, 7) is 2.21. The molecule has 0 N–H and O–H groups in total. The van der Waals surface area contributed by atoms with Gasteiger partial charge in [0.05, 0.1) is 0 Å². The Balaban J connectivity index is 2.27. The van der Waals surface area contributed by atoms with Gasteiger partial charge in [0, 0.05) is 0 Å². The highest BCUT2D eigenvalue weighted by molar-refractivity contribution is 5.39. The van der Waals surface area contributed by atoms with E-state index in [-0.39, 0.29) is 0 Å². The Labute approximate surface area is 74.7 Å². The van der Waals surface area contributed by atoms with Crippen molar-refractivity contribution in [3.8, 4) is 0 Å². The lowest BCUT2D eigenvalue weighted by atomic mass is 9.89. The van der Waals surface area contributed by atoms with Crippen molar-refractivity contribution in [2.24, 2.45) is 0 Å². The molecule has 0 aromatic heterocycles. The fourth-order valence-electron chi connectivity index (χ4n) is 1.97. The molecule has 1 saturated carbocycles. The van der Waals surface area contributed by atoms with Crippen LogP contribution in [0.25, 0.3) is 0 Å². The van der Waals surface area contributed by atoms with E-state index >= 15 is 0 Å². The van der Waals surface area contributed by atoms with Gasteiger partial charge >= 0.3 is 0 Å². The first kappa shape index (κ1) is 7.85. The van der Waals surface area contributed by atoms with Crippen molar-refractivity contribution >= 4 is 0 Å². The predicted octanol–water partition coefficient (Wildman–Crippen LogP) is 3.76. The minimum atomic E-state index is 1.16. The number of rotatable bonds is 0. The summed E-state index contributed by atoms with van der Waals surface area (Å²) in [6, 6.07) is 0. The van der Waals surface area contributed by atoms with Crippen molar-refractivity contribution in [3.63, 3.8) is 0 Å². The topological polar surface area (TPSA) is 0 Å². The van der Waals surface area contributed by atoms with Crippen LogP contribution in [0.1, 0.15) is 39.0 Å². The first-order valence-electron chi connectivity index (χ1n) is 4.92. The van der Waals surface area contributed by atoms with Crippen LogP contribution in [0.15, 0.2) is 34.9 Å². The van der Waals surface area contributed by atoms with Crippen molar-refractivity contribution in [1.29, 1.82) is 0 Å². The minimum absolute atomic E-state index is 1.16. The van der Waals surface area contributed by atoms with Gasteiger partial charge in [0.2, 0.25) is 0 Å². The molecule has 0 saturated heterocycles. The van der Waals surface area contributed by atoms with E-state index in [1.54, 1.807) is 11.1 Å². The summed E-state index contributed by atoms with van der Waals surface area (Å²) in [6.07, 6.45) is 13.6. The van der Waals surface area contributed by atoms with Gasteiger partial charge in [-0.15, -0.1) is 0 Å². The average molecular weight is 160 g/mol. The van der Waals surface area contributed by atoms with Crippen molar-refractivity contribution < 1.29 is 0 Å². The Hall–Kier alpha value is -0.780. The molecule has 0 aliphatic heterocycles. The van der Waals surface area contributed by atoms with E-state index in [2.05, 4.69) is 25.2 Å². The Kier molecular flexibility index (Phi) is 2.16. The van der Waals surface area contributed by atoms with Gasteiger partial charge < -0.3 is 0 Å². The van der Waals surface area contributed by atoms with Crippen LogP contribution in [0.4, 0.5) is 0 Å². The van der Waals surface area contributed by atoms with Crippen molar-refractivity contribution in [1.82, 2.24) is 0 Å². The van der Waals surface area contributed by atoms with Gasteiger partial charge in [0.1, 0.15) is 0 Å². The average Bonchev–Trinajstić information content (AvgIpc) is 2.29. The molecule has 2 aliphatic rings. The summed E-state index contributed by atoms with van der Waals surface area (Å²) in [5.41, 5.74) is 4.71. The van der Waals surface area contributed by atoms with E-state index in [0.29, 0.717) is 0 Å². The van der Waals surface area contributed by atoms with Crippen molar-refractivity contribution in [2.45, 2.75) is 39.0 Å². The van der Waals surface area contributed by atoms with Crippen LogP contribution >= 0.6 is 0 Å². The fraction of sp³-hybridized carbons (Fsp3) is 0.500. The maximum absolute atomic E-state index is 2.42. The van der Waals surface area contributed by atoms with E-state index in [1.807, 2.05) is 0 Å². The Morgan fingerprint density at radius 2 is 1.75 bits per heavy atom. The number of hydrogen-bond acceptors (Lipinski definition) is 0.